The Hall–Kier alpha value is -1.74. The molecule has 1 saturated heterocycles. The minimum Gasteiger partial charge on any atom is -0.399 e. The predicted molar refractivity (Wildman–Crippen MR) is 102 cm³/mol. The maximum absolute atomic E-state index is 8.67. The van der Waals surface area contributed by atoms with Crippen molar-refractivity contribution in [3.05, 3.63) is 47.7 Å². The summed E-state index contributed by atoms with van der Waals surface area (Å²) in [5.41, 5.74) is 2.05. The van der Waals surface area contributed by atoms with Crippen molar-refractivity contribution in [1.82, 2.24) is 4.98 Å². The first-order valence-electron chi connectivity index (χ1n) is 7.90. The number of hydrogen-bond acceptors (Lipinski definition) is 6. The molecule has 0 bridgehead atoms. The van der Waals surface area contributed by atoms with Crippen LogP contribution in [-0.4, -0.2) is 31.7 Å². The molecule has 6 nitrogen and oxygen atoms in total. The van der Waals surface area contributed by atoms with E-state index in [-0.39, 0.29) is 11.2 Å². The lowest BCUT2D eigenvalue weighted by Gasteiger charge is -2.32. The fraction of sp³-hybridized carbons (Fsp3) is 0.353. The van der Waals surface area contributed by atoms with Gasteiger partial charge in [-0.3, -0.25) is 0 Å². The van der Waals surface area contributed by atoms with Crippen LogP contribution in [0.25, 0.3) is 11.1 Å². The van der Waals surface area contributed by atoms with Crippen LogP contribution in [0.5, 0.6) is 0 Å². The normalized spacial score (nSPS) is 17.3. The van der Waals surface area contributed by atoms with E-state index in [0.717, 1.165) is 16.6 Å². The molecule has 1 aromatic heterocycles. The fourth-order valence-electron chi connectivity index (χ4n) is 2.39. The molecule has 0 radical (unpaired) electrons. The van der Waals surface area contributed by atoms with Crippen LogP contribution in [0, 0.1) is 4.78 Å². The monoisotopic (exact) mass is 394 g/mol. The molecule has 1 N–H and O–H groups in total. The summed E-state index contributed by atoms with van der Waals surface area (Å²) in [6, 6.07) is 11.9. The third-order valence-corrected chi connectivity index (χ3v) is 4.77. The molecule has 0 amide bonds. The minimum absolute atomic E-state index is 0.371. The van der Waals surface area contributed by atoms with Crippen LogP contribution in [0.15, 0.2) is 42.6 Å². The van der Waals surface area contributed by atoms with E-state index >= 15 is 0 Å². The minimum atomic E-state index is -2.61. The molecular formula is C17H20BClN2O4S. The van der Waals surface area contributed by atoms with Crippen molar-refractivity contribution in [2.24, 2.45) is 0 Å². The van der Waals surface area contributed by atoms with Gasteiger partial charge in [0.15, 0.2) is 0 Å². The van der Waals surface area contributed by atoms with Crippen molar-refractivity contribution in [2.75, 3.05) is 0 Å². The largest absolute Gasteiger partial charge is 0.496 e. The Morgan fingerprint density at radius 1 is 1.08 bits per heavy atom. The lowest BCUT2D eigenvalue weighted by Crippen LogP contribution is -2.41. The summed E-state index contributed by atoms with van der Waals surface area (Å²) in [5.74, 6) is 0. The quantitative estimate of drug-likeness (QED) is 0.623. The predicted octanol–water partition coefficient (Wildman–Crippen LogP) is 3.33. The van der Waals surface area contributed by atoms with E-state index in [0.29, 0.717) is 5.15 Å². The van der Waals surface area contributed by atoms with Gasteiger partial charge < -0.3 is 9.31 Å². The smallest absolute Gasteiger partial charge is 0.399 e. The summed E-state index contributed by atoms with van der Waals surface area (Å²) in [4.78, 5) is 4.30. The first-order valence-corrected chi connectivity index (χ1v) is 9.36. The summed E-state index contributed by atoms with van der Waals surface area (Å²) >= 11 is 6.26. The molecule has 0 aliphatic carbocycles. The zero-order valence-electron chi connectivity index (χ0n) is 15.0. The first-order chi connectivity index (χ1) is 12.0. The number of halogens is 1. The van der Waals surface area contributed by atoms with Crippen LogP contribution in [0.2, 0.25) is 5.15 Å². The van der Waals surface area contributed by atoms with E-state index in [1.807, 2.05) is 64.1 Å². The molecule has 1 aromatic carbocycles. The van der Waals surface area contributed by atoms with Crippen LogP contribution >= 0.6 is 11.6 Å². The molecule has 0 atom stereocenters. The van der Waals surface area contributed by atoms with Crippen molar-refractivity contribution >= 4 is 34.7 Å². The number of nitrogens with one attached hydrogen (secondary N) is 1. The van der Waals surface area contributed by atoms with Gasteiger partial charge in [-0.2, -0.15) is 13.2 Å². The Labute approximate surface area is 160 Å². The molecule has 3 rings (SSSR count). The molecule has 2 aromatic rings. The molecule has 1 fully saturated rings. The number of benzene rings is 1. The summed E-state index contributed by atoms with van der Waals surface area (Å²) < 4.78 is 35.0. The highest BCUT2D eigenvalue weighted by Gasteiger charge is 2.51. The SMILES string of the molecule is CC1(C)OB(c2cnc(Cl)c(-c3ccccc3)c2)OC1(C)C.N=S(=O)=O. The van der Waals surface area contributed by atoms with Crippen LogP contribution in [0.4, 0.5) is 0 Å². The Bertz CT molecular complexity index is 866. The molecule has 0 spiro atoms. The molecule has 0 unspecified atom stereocenters. The van der Waals surface area contributed by atoms with Gasteiger partial charge in [-0.05, 0) is 39.3 Å². The van der Waals surface area contributed by atoms with Gasteiger partial charge in [0.1, 0.15) is 5.15 Å². The number of nitrogens with zero attached hydrogens (tertiary/aromatic N) is 1. The average molecular weight is 395 g/mol. The third-order valence-electron chi connectivity index (χ3n) is 4.47. The van der Waals surface area contributed by atoms with Gasteiger partial charge in [0.2, 0.25) is 0 Å². The first kappa shape index (κ1) is 20.6. The van der Waals surface area contributed by atoms with Gasteiger partial charge in [-0.25, -0.2) is 4.98 Å². The second-order valence-electron chi connectivity index (χ2n) is 6.80. The standard InChI is InChI=1S/C17H19BClNO2.HNO2S/c1-16(2)17(3,4)22-18(21-16)13-10-14(15(19)20-11-13)12-8-6-5-7-9-12;1-4(2)3/h5-11H,1-4H3;1H. The maximum atomic E-state index is 8.67. The van der Waals surface area contributed by atoms with Gasteiger partial charge in [-0.15, -0.1) is 0 Å². The van der Waals surface area contributed by atoms with Gasteiger partial charge >= 0.3 is 17.6 Å². The second kappa shape index (κ2) is 7.88. The maximum Gasteiger partial charge on any atom is 0.496 e. The van der Waals surface area contributed by atoms with Crippen LogP contribution in [0.3, 0.4) is 0 Å². The van der Waals surface area contributed by atoms with Gasteiger partial charge in [0.25, 0.3) is 0 Å². The highest BCUT2D eigenvalue weighted by atomic mass is 35.5. The highest BCUT2D eigenvalue weighted by Crippen LogP contribution is 2.36. The average Bonchev–Trinajstić information content (AvgIpc) is 2.76. The molecule has 2 heterocycles. The van der Waals surface area contributed by atoms with Crippen molar-refractivity contribution < 1.29 is 17.7 Å². The van der Waals surface area contributed by atoms with Crippen molar-refractivity contribution in [3.8, 4) is 11.1 Å². The molecule has 138 valence electrons. The Kier molecular flexibility index (Phi) is 6.23. The highest BCUT2D eigenvalue weighted by molar-refractivity contribution is 7.60. The number of rotatable bonds is 2. The zero-order chi connectivity index (χ0) is 19.5. The lowest BCUT2D eigenvalue weighted by molar-refractivity contribution is 0.00578. The van der Waals surface area contributed by atoms with E-state index in [1.165, 1.54) is 0 Å². The second-order valence-corrected chi connectivity index (χ2v) is 7.62. The topological polar surface area (TPSA) is 89.3 Å². The number of hydrogen-bond donors (Lipinski definition) is 1. The number of pyridine rings is 1. The molecular weight excluding hydrogens is 375 g/mol. The van der Waals surface area contributed by atoms with Crippen LogP contribution < -0.4 is 5.46 Å². The zero-order valence-corrected chi connectivity index (χ0v) is 16.6. The van der Waals surface area contributed by atoms with Crippen molar-refractivity contribution in [1.29, 1.82) is 4.78 Å². The van der Waals surface area contributed by atoms with Crippen LogP contribution in [-0.2, 0) is 19.8 Å². The van der Waals surface area contributed by atoms with E-state index in [4.69, 9.17) is 34.1 Å². The molecule has 1 aliphatic rings. The van der Waals surface area contributed by atoms with E-state index in [9.17, 15) is 0 Å². The van der Waals surface area contributed by atoms with Gasteiger partial charge in [0.05, 0.1) is 11.2 Å². The van der Waals surface area contributed by atoms with Gasteiger partial charge in [-0.1, -0.05) is 41.9 Å². The van der Waals surface area contributed by atoms with E-state index < -0.39 is 17.6 Å². The lowest BCUT2D eigenvalue weighted by atomic mass is 9.79. The fourth-order valence-corrected chi connectivity index (χ4v) is 2.60. The Morgan fingerprint density at radius 2 is 1.58 bits per heavy atom. The summed E-state index contributed by atoms with van der Waals surface area (Å²) in [5, 5.41) is 0.478. The molecule has 9 heteroatoms. The summed E-state index contributed by atoms with van der Waals surface area (Å²) in [6.07, 6.45) is 1.72. The van der Waals surface area contributed by atoms with Crippen molar-refractivity contribution in [2.45, 2.75) is 38.9 Å². The van der Waals surface area contributed by atoms with Crippen molar-refractivity contribution in [3.63, 3.8) is 0 Å². The summed E-state index contributed by atoms with van der Waals surface area (Å²) in [6.45, 7) is 8.14. The Balaban J connectivity index is 0.000000552. The Morgan fingerprint density at radius 3 is 2.08 bits per heavy atom. The summed E-state index contributed by atoms with van der Waals surface area (Å²) in [7, 11) is -3.04. The molecule has 26 heavy (non-hydrogen) atoms. The van der Waals surface area contributed by atoms with Crippen LogP contribution in [0.1, 0.15) is 27.7 Å². The number of aromatic nitrogens is 1. The third kappa shape index (κ3) is 4.70. The van der Waals surface area contributed by atoms with E-state index in [2.05, 4.69) is 4.98 Å². The molecule has 0 saturated carbocycles. The van der Waals surface area contributed by atoms with Gasteiger partial charge in [0, 0.05) is 17.2 Å². The van der Waals surface area contributed by atoms with E-state index in [1.54, 1.807) is 6.20 Å². The molecule has 1 aliphatic heterocycles.